The quantitative estimate of drug-likeness (QED) is 0.0261. The molecule has 0 rings (SSSR count). The van der Waals surface area contributed by atoms with E-state index in [9.17, 15) is 14.4 Å². The third-order valence-corrected chi connectivity index (χ3v) is 16.3. The highest BCUT2D eigenvalue weighted by atomic mass is 16.6. The van der Waals surface area contributed by atoms with Gasteiger partial charge in [0.2, 0.25) is 0 Å². The lowest BCUT2D eigenvalue weighted by atomic mass is 10.0. The summed E-state index contributed by atoms with van der Waals surface area (Å²) < 4.78 is 17.0. The van der Waals surface area contributed by atoms with Crippen molar-refractivity contribution in [2.75, 3.05) is 13.2 Å². The molecule has 0 aliphatic rings. The van der Waals surface area contributed by atoms with Gasteiger partial charge in [0.1, 0.15) is 13.2 Å². The second-order valence-electron chi connectivity index (χ2n) is 24.5. The molecule has 0 spiro atoms. The number of rotatable bonds is 67. The van der Waals surface area contributed by atoms with E-state index in [4.69, 9.17) is 14.2 Å². The molecule has 0 N–H and O–H groups in total. The summed E-state index contributed by atoms with van der Waals surface area (Å²) >= 11 is 0. The van der Waals surface area contributed by atoms with Gasteiger partial charge in [0, 0.05) is 19.3 Å². The Balaban J connectivity index is 4.31. The second kappa shape index (κ2) is 70.6. The molecule has 82 heavy (non-hydrogen) atoms. The minimum atomic E-state index is -0.784. The predicted molar refractivity (Wildman–Crippen MR) is 358 cm³/mol. The van der Waals surface area contributed by atoms with Gasteiger partial charge in [-0.1, -0.05) is 364 Å². The van der Waals surface area contributed by atoms with Crippen molar-refractivity contribution in [2.24, 2.45) is 0 Å². The normalized spacial score (nSPS) is 12.4. The van der Waals surface area contributed by atoms with E-state index in [1.165, 1.54) is 238 Å². The van der Waals surface area contributed by atoms with Crippen molar-refractivity contribution in [1.82, 2.24) is 0 Å². The number of carbonyl (C=O) groups excluding carboxylic acids is 3. The monoisotopic (exact) mass is 1150 g/mol. The number of allylic oxidation sites excluding steroid dienone is 10. The maximum atomic E-state index is 13.0. The predicted octanol–water partition coefficient (Wildman–Crippen LogP) is 25.1. The summed E-state index contributed by atoms with van der Waals surface area (Å²) in [4.78, 5) is 38.5. The Bertz CT molecular complexity index is 1460. The van der Waals surface area contributed by atoms with Gasteiger partial charge in [0.25, 0.3) is 0 Å². The number of ether oxygens (including phenoxy) is 3. The standard InChI is InChI=1S/C76H138O6/c1-4-7-10-13-16-19-22-25-28-31-33-35-36-37-38-39-41-42-45-48-51-54-57-60-63-66-69-75(78)81-72-73(71-80-74(77)68-65-62-59-56-53-50-47-44-30-27-24-21-18-15-12-9-6-3)82-76(79)70-67-64-61-58-55-52-49-46-43-40-34-32-29-26-23-20-17-14-11-8-5-2/h8,11,17,20,26,29,34,40,46,49,73H,4-7,9-10,12-16,18-19,21-25,27-28,30-33,35-39,41-45,47-48,50-72H2,1-3H3/b11-8-,20-17-,29-26-,40-34-,49-46-. The van der Waals surface area contributed by atoms with Crippen molar-refractivity contribution in [1.29, 1.82) is 0 Å². The van der Waals surface area contributed by atoms with Crippen molar-refractivity contribution in [3.05, 3.63) is 60.8 Å². The van der Waals surface area contributed by atoms with Crippen LogP contribution in [0.25, 0.3) is 0 Å². The van der Waals surface area contributed by atoms with Crippen LogP contribution in [0.1, 0.15) is 387 Å². The molecule has 0 aliphatic carbocycles. The van der Waals surface area contributed by atoms with Crippen LogP contribution in [0, 0.1) is 0 Å². The number of esters is 3. The van der Waals surface area contributed by atoms with Crippen LogP contribution in [-0.2, 0) is 28.6 Å². The van der Waals surface area contributed by atoms with E-state index in [0.29, 0.717) is 19.3 Å². The summed E-state index contributed by atoms with van der Waals surface area (Å²) in [5, 5.41) is 0. The maximum absolute atomic E-state index is 13.0. The Hall–Kier alpha value is -2.89. The highest BCUT2D eigenvalue weighted by Gasteiger charge is 2.19. The van der Waals surface area contributed by atoms with Crippen molar-refractivity contribution in [3.8, 4) is 0 Å². The number of hydrogen-bond acceptors (Lipinski definition) is 6. The summed E-state index contributed by atoms with van der Waals surface area (Å²) in [6.07, 6.45) is 91.1. The number of hydrogen-bond donors (Lipinski definition) is 0. The molecule has 6 heteroatoms. The Morgan fingerprint density at radius 1 is 0.256 bits per heavy atom. The lowest BCUT2D eigenvalue weighted by Gasteiger charge is -2.18. The van der Waals surface area contributed by atoms with Gasteiger partial charge in [-0.3, -0.25) is 14.4 Å². The lowest BCUT2D eigenvalue weighted by molar-refractivity contribution is -0.167. The highest BCUT2D eigenvalue weighted by Crippen LogP contribution is 2.19. The van der Waals surface area contributed by atoms with Gasteiger partial charge in [-0.15, -0.1) is 0 Å². The second-order valence-corrected chi connectivity index (χ2v) is 24.5. The molecule has 0 bridgehead atoms. The van der Waals surface area contributed by atoms with E-state index in [1.54, 1.807) is 0 Å². The van der Waals surface area contributed by atoms with E-state index >= 15 is 0 Å². The van der Waals surface area contributed by atoms with Crippen molar-refractivity contribution >= 4 is 17.9 Å². The molecule has 0 aliphatic heterocycles. The van der Waals surface area contributed by atoms with Crippen molar-refractivity contribution in [3.63, 3.8) is 0 Å². The fourth-order valence-corrected chi connectivity index (χ4v) is 10.9. The van der Waals surface area contributed by atoms with E-state index in [0.717, 1.165) is 109 Å². The van der Waals surface area contributed by atoms with Crippen LogP contribution in [0.4, 0.5) is 0 Å². The zero-order valence-corrected chi connectivity index (χ0v) is 55.0. The summed E-state index contributed by atoms with van der Waals surface area (Å²) in [6.45, 7) is 6.59. The largest absolute Gasteiger partial charge is 0.462 e. The van der Waals surface area contributed by atoms with Crippen LogP contribution in [0.15, 0.2) is 60.8 Å². The number of unbranched alkanes of at least 4 members (excludes halogenated alkanes) is 46. The van der Waals surface area contributed by atoms with Gasteiger partial charge < -0.3 is 14.2 Å². The highest BCUT2D eigenvalue weighted by molar-refractivity contribution is 5.71. The molecular weight excluding hydrogens is 1010 g/mol. The van der Waals surface area contributed by atoms with Gasteiger partial charge in [-0.2, -0.15) is 0 Å². The van der Waals surface area contributed by atoms with E-state index < -0.39 is 6.10 Å². The summed E-state index contributed by atoms with van der Waals surface area (Å²) in [5.74, 6) is -0.868. The third kappa shape index (κ3) is 67.9. The molecule has 0 fully saturated rings. The fraction of sp³-hybridized carbons (Fsp3) is 0.829. The Kier molecular flexibility index (Phi) is 68.1. The van der Waals surface area contributed by atoms with Crippen LogP contribution in [0.5, 0.6) is 0 Å². The first-order valence-corrected chi connectivity index (χ1v) is 36.3. The fourth-order valence-electron chi connectivity index (χ4n) is 10.9. The van der Waals surface area contributed by atoms with Crippen LogP contribution in [-0.4, -0.2) is 37.2 Å². The van der Waals surface area contributed by atoms with Crippen LogP contribution in [0.2, 0.25) is 0 Å². The first-order chi connectivity index (χ1) is 40.5. The van der Waals surface area contributed by atoms with Crippen LogP contribution in [0.3, 0.4) is 0 Å². The molecule has 0 heterocycles. The van der Waals surface area contributed by atoms with Gasteiger partial charge in [0.15, 0.2) is 6.10 Å². The molecule has 0 aromatic carbocycles. The Morgan fingerprint density at radius 3 is 0.744 bits per heavy atom. The molecule has 1 atom stereocenters. The minimum Gasteiger partial charge on any atom is -0.462 e. The van der Waals surface area contributed by atoms with Crippen LogP contribution < -0.4 is 0 Å². The average Bonchev–Trinajstić information content (AvgIpc) is 3.47. The van der Waals surface area contributed by atoms with Gasteiger partial charge in [-0.05, 0) is 64.2 Å². The van der Waals surface area contributed by atoms with E-state index in [2.05, 4.69) is 81.5 Å². The Morgan fingerprint density at radius 2 is 0.476 bits per heavy atom. The molecule has 6 nitrogen and oxygen atoms in total. The summed E-state index contributed by atoms with van der Waals surface area (Å²) in [5.41, 5.74) is 0. The Labute approximate surface area is 510 Å². The first kappa shape index (κ1) is 79.1. The summed E-state index contributed by atoms with van der Waals surface area (Å²) in [7, 11) is 0. The van der Waals surface area contributed by atoms with E-state index in [-0.39, 0.29) is 31.1 Å². The molecular formula is C76H138O6. The molecule has 0 saturated heterocycles. The van der Waals surface area contributed by atoms with Gasteiger partial charge in [0.05, 0.1) is 0 Å². The van der Waals surface area contributed by atoms with Crippen molar-refractivity contribution in [2.45, 2.75) is 393 Å². The lowest BCUT2D eigenvalue weighted by Crippen LogP contribution is -2.30. The molecule has 0 saturated carbocycles. The zero-order valence-electron chi connectivity index (χ0n) is 55.0. The topological polar surface area (TPSA) is 78.9 Å². The molecule has 0 radical (unpaired) electrons. The van der Waals surface area contributed by atoms with E-state index in [1.807, 2.05) is 0 Å². The van der Waals surface area contributed by atoms with Gasteiger partial charge in [-0.25, -0.2) is 0 Å². The minimum absolute atomic E-state index is 0.0771. The number of carbonyl (C=O) groups is 3. The zero-order chi connectivity index (χ0) is 59.2. The smallest absolute Gasteiger partial charge is 0.306 e. The van der Waals surface area contributed by atoms with Crippen molar-refractivity contribution < 1.29 is 28.6 Å². The molecule has 0 aromatic rings. The van der Waals surface area contributed by atoms with Gasteiger partial charge >= 0.3 is 17.9 Å². The maximum Gasteiger partial charge on any atom is 0.306 e. The average molecular weight is 1150 g/mol. The molecule has 0 aromatic heterocycles. The first-order valence-electron chi connectivity index (χ1n) is 36.3. The summed E-state index contributed by atoms with van der Waals surface area (Å²) in [6, 6.07) is 0. The molecule has 478 valence electrons. The molecule has 1 unspecified atom stereocenters. The van der Waals surface area contributed by atoms with Crippen LogP contribution >= 0.6 is 0 Å². The third-order valence-electron chi connectivity index (χ3n) is 16.3. The molecule has 0 amide bonds. The SMILES string of the molecule is CC/C=C\C/C=C\C/C=C\C/C=C\C/C=C\CCCCCCCC(=O)OC(COC(=O)CCCCCCCCCCCCCCCCCCC)COC(=O)CCCCCCCCCCCCCCCCCCCCCCCCCCCC.